The number of aromatic nitrogens is 1. The van der Waals surface area contributed by atoms with Gasteiger partial charge in [-0.05, 0) is 32.0 Å². The molecular weight excluding hydrogens is 214 g/mol. The van der Waals surface area contributed by atoms with Crippen LogP contribution in [-0.4, -0.2) is 31.3 Å². The maximum absolute atomic E-state index is 5.19. The lowest BCUT2D eigenvalue weighted by atomic mass is 10.3. The van der Waals surface area contributed by atoms with Crippen LogP contribution in [0.2, 0.25) is 0 Å². The molecule has 0 saturated heterocycles. The van der Waals surface area contributed by atoms with Gasteiger partial charge in [-0.1, -0.05) is 6.92 Å². The molecule has 0 aliphatic rings. The molecule has 1 aromatic heterocycles. The van der Waals surface area contributed by atoms with Crippen molar-refractivity contribution in [2.24, 2.45) is 0 Å². The fraction of sp³-hybridized carbons (Fsp3) is 0.615. The summed E-state index contributed by atoms with van der Waals surface area (Å²) < 4.78 is 5.19. The van der Waals surface area contributed by atoms with Crippen LogP contribution in [0.4, 0.5) is 5.69 Å². The molecule has 0 aliphatic carbocycles. The Morgan fingerprint density at radius 1 is 1.47 bits per heavy atom. The number of nitrogens with one attached hydrogen (secondary N) is 2. The van der Waals surface area contributed by atoms with E-state index in [0.717, 1.165) is 37.4 Å². The molecule has 0 bridgehead atoms. The zero-order chi connectivity index (χ0) is 12.5. The van der Waals surface area contributed by atoms with Crippen molar-refractivity contribution in [1.82, 2.24) is 10.3 Å². The third kappa shape index (κ3) is 5.65. The molecule has 1 rings (SSSR count). The van der Waals surface area contributed by atoms with E-state index >= 15 is 0 Å². The van der Waals surface area contributed by atoms with Gasteiger partial charge in [-0.25, -0.2) is 0 Å². The van der Waals surface area contributed by atoms with Crippen LogP contribution in [0.5, 0.6) is 0 Å². The number of rotatable bonds is 8. The van der Waals surface area contributed by atoms with Gasteiger partial charge in [0.25, 0.3) is 0 Å². The van der Waals surface area contributed by atoms with Crippen LogP contribution in [0.3, 0.4) is 0 Å². The molecule has 0 aliphatic heterocycles. The lowest BCUT2D eigenvalue weighted by Gasteiger charge is -2.12. The summed E-state index contributed by atoms with van der Waals surface area (Å²) >= 11 is 0. The van der Waals surface area contributed by atoms with Crippen molar-refractivity contribution in [1.29, 1.82) is 0 Å². The quantitative estimate of drug-likeness (QED) is 0.679. The molecule has 4 heteroatoms. The minimum absolute atomic E-state index is 0.213. The largest absolute Gasteiger partial charge is 0.382 e. The number of nitrogens with zero attached hydrogens (tertiary/aromatic N) is 1. The molecule has 17 heavy (non-hydrogen) atoms. The molecule has 1 aromatic rings. The average molecular weight is 237 g/mol. The van der Waals surface area contributed by atoms with Gasteiger partial charge in [0.05, 0.1) is 11.8 Å². The number of anilines is 1. The maximum Gasteiger partial charge on any atom is 0.0715 e. The van der Waals surface area contributed by atoms with E-state index in [0.29, 0.717) is 0 Å². The Labute approximate surface area is 104 Å². The summed E-state index contributed by atoms with van der Waals surface area (Å²) in [6, 6.07) is 4.05. The van der Waals surface area contributed by atoms with Crippen molar-refractivity contribution < 1.29 is 4.74 Å². The fourth-order valence-electron chi connectivity index (χ4n) is 1.42. The predicted octanol–water partition coefficient (Wildman–Crippen LogP) is 2.03. The molecule has 4 nitrogen and oxygen atoms in total. The molecule has 0 aromatic carbocycles. The van der Waals surface area contributed by atoms with Crippen molar-refractivity contribution >= 4 is 5.69 Å². The number of methoxy groups -OCH3 is 1. The fourth-order valence-corrected chi connectivity index (χ4v) is 1.42. The lowest BCUT2D eigenvalue weighted by Crippen LogP contribution is -2.18. The highest BCUT2D eigenvalue weighted by molar-refractivity contribution is 5.43. The SMILES string of the molecule is CCCNCc1cc(NCC(C)OC)ccn1. The molecule has 2 N–H and O–H groups in total. The van der Waals surface area contributed by atoms with E-state index in [1.54, 1.807) is 7.11 Å². The molecule has 1 heterocycles. The number of pyridine rings is 1. The summed E-state index contributed by atoms with van der Waals surface area (Å²) in [5, 5.41) is 6.67. The summed E-state index contributed by atoms with van der Waals surface area (Å²) in [5.41, 5.74) is 2.16. The van der Waals surface area contributed by atoms with Gasteiger partial charge in [0, 0.05) is 32.1 Å². The maximum atomic E-state index is 5.19. The number of ether oxygens (including phenoxy) is 1. The van der Waals surface area contributed by atoms with Crippen LogP contribution >= 0.6 is 0 Å². The summed E-state index contributed by atoms with van der Waals surface area (Å²) in [6.45, 7) is 6.86. The van der Waals surface area contributed by atoms with Gasteiger partial charge >= 0.3 is 0 Å². The Morgan fingerprint density at radius 3 is 3.00 bits per heavy atom. The van der Waals surface area contributed by atoms with Crippen LogP contribution in [-0.2, 0) is 11.3 Å². The molecule has 0 saturated carbocycles. The third-order valence-corrected chi connectivity index (χ3v) is 2.55. The average Bonchev–Trinajstić information content (AvgIpc) is 2.37. The highest BCUT2D eigenvalue weighted by Crippen LogP contribution is 2.08. The molecule has 1 atom stereocenters. The van der Waals surface area contributed by atoms with E-state index < -0.39 is 0 Å². The molecule has 96 valence electrons. The lowest BCUT2D eigenvalue weighted by molar-refractivity contribution is 0.129. The van der Waals surface area contributed by atoms with Gasteiger partial charge in [0.2, 0.25) is 0 Å². The summed E-state index contributed by atoms with van der Waals surface area (Å²) in [4.78, 5) is 4.32. The van der Waals surface area contributed by atoms with E-state index in [4.69, 9.17) is 4.74 Å². The molecule has 0 amide bonds. The van der Waals surface area contributed by atoms with Gasteiger partial charge < -0.3 is 15.4 Å². The van der Waals surface area contributed by atoms with Crippen molar-refractivity contribution in [2.75, 3.05) is 25.5 Å². The smallest absolute Gasteiger partial charge is 0.0715 e. The van der Waals surface area contributed by atoms with Crippen LogP contribution in [0.15, 0.2) is 18.3 Å². The Hall–Kier alpha value is -1.13. The normalized spacial score (nSPS) is 12.4. The van der Waals surface area contributed by atoms with E-state index in [1.165, 1.54) is 0 Å². The summed E-state index contributed by atoms with van der Waals surface area (Å²) in [7, 11) is 1.72. The van der Waals surface area contributed by atoms with Crippen LogP contribution in [0.25, 0.3) is 0 Å². The predicted molar refractivity (Wildman–Crippen MR) is 71.2 cm³/mol. The number of hydrogen-bond acceptors (Lipinski definition) is 4. The second kappa shape index (κ2) is 8.03. The first-order valence-corrected chi connectivity index (χ1v) is 6.18. The Bertz CT molecular complexity index is 317. The molecule has 0 radical (unpaired) electrons. The van der Waals surface area contributed by atoms with E-state index in [1.807, 2.05) is 19.2 Å². The van der Waals surface area contributed by atoms with Crippen molar-refractivity contribution in [3.63, 3.8) is 0 Å². The zero-order valence-corrected chi connectivity index (χ0v) is 11.0. The monoisotopic (exact) mass is 237 g/mol. The minimum Gasteiger partial charge on any atom is -0.382 e. The van der Waals surface area contributed by atoms with Gasteiger partial charge in [0.1, 0.15) is 0 Å². The Morgan fingerprint density at radius 2 is 2.29 bits per heavy atom. The molecule has 0 fully saturated rings. The minimum atomic E-state index is 0.213. The van der Waals surface area contributed by atoms with E-state index in [2.05, 4.69) is 28.6 Å². The van der Waals surface area contributed by atoms with Crippen LogP contribution in [0, 0.1) is 0 Å². The first-order valence-electron chi connectivity index (χ1n) is 6.18. The van der Waals surface area contributed by atoms with E-state index in [9.17, 15) is 0 Å². The van der Waals surface area contributed by atoms with Crippen molar-refractivity contribution in [3.8, 4) is 0 Å². The first kappa shape index (κ1) is 13.9. The zero-order valence-electron chi connectivity index (χ0n) is 11.0. The van der Waals surface area contributed by atoms with Gasteiger partial charge in [-0.15, -0.1) is 0 Å². The standard InChI is InChI=1S/C13H23N3O/c1-4-6-14-10-13-8-12(5-7-15-13)16-9-11(2)17-3/h5,7-8,11,14H,4,6,9-10H2,1-3H3,(H,15,16). The van der Waals surface area contributed by atoms with Gasteiger partial charge in [0.15, 0.2) is 0 Å². The van der Waals surface area contributed by atoms with Gasteiger partial charge in [-0.2, -0.15) is 0 Å². The topological polar surface area (TPSA) is 46.2 Å². The third-order valence-electron chi connectivity index (χ3n) is 2.55. The molecule has 1 unspecified atom stereocenters. The highest BCUT2D eigenvalue weighted by atomic mass is 16.5. The van der Waals surface area contributed by atoms with E-state index in [-0.39, 0.29) is 6.10 Å². The highest BCUT2D eigenvalue weighted by Gasteiger charge is 2.00. The molecular formula is C13H23N3O. The first-order chi connectivity index (χ1) is 8.26. The molecule has 0 spiro atoms. The second-order valence-corrected chi connectivity index (χ2v) is 4.14. The summed E-state index contributed by atoms with van der Waals surface area (Å²) in [6.07, 6.45) is 3.19. The van der Waals surface area contributed by atoms with Crippen LogP contribution in [0.1, 0.15) is 26.0 Å². The Balaban J connectivity index is 2.42. The van der Waals surface area contributed by atoms with Crippen LogP contribution < -0.4 is 10.6 Å². The van der Waals surface area contributed by atoms with Crippen molar-refractivity contribution in [3.05, 3.63) is 24.0 Å². The number of hydrogen-bond donors (Lipinski definition) is 2. The van der Waals surface area contributed by atoms with Crippen molar-refractivity contribution in [2.45, 2.75) is 32.9 Å². The summed E-state index contributed by atoms with van der Waals surface area (Å²) in [5.74, 6) is 0. The van der Waals surface area contributed by atoms with Gasteiger partial charge in [-0.3, -0.25) is 4.98 Å². The Kier molecular flexibility index (Phi) is 6.58. The second-order valence-electron chi connectivity index (χ2n) is 4.14.